The van der Waals surface area contributed by atoms with Crippen molar-refractivity contribution in [2.75, 3.05) is 12.9 Å². The highest BCUT2D eigenvalue weighted by Crippen LogP contribution is 2.35. The molecule has 2 fully saturated rings. The molecule has 0 aromatic heterocycles. The van der Waals surface area contributed by atoms with Gasteiger partial charge in [-0.15, -0.1) is 0 Å². The molecule has 2 aromatic carbocycles. The lowest BCUT2D eigenvalue weighted by Crippen LogP contribution is -2.50. The average molecular weight is 519 g/mol. The summed E-state index contributed by atoms with van der Waals surface area (Å²) in [5.41, 5.74) is 1.90. The highest BCUT2D eigenvalue weighted by atomic mass is 32.2. The Morgan fingerprint density at radius 1 is 1.08 bits per heavy atom. The SMILES string of the molecule is C[C@@H]1C[C@H](NS(C)(=O)=O)[C@H](COC2CCC(c3cccc(F)c3)CC2)N1C(=O)OCc1ccccc1. The molecule has 2 aliphatic rings. The summed E-state index contributed by atoms with van der Waals surface area (Å²) in [7, 11) is -3.47. The Balaban J connectivity index is 1.38. The molecule has 3 atom stereocenters. The van der Waals surface area contributed by atoms with Crippen LogP contribution in [0.2, 0.25) is 0 Å². The zero-order chi connectivity index (χ0) is 25.7. The number of likely N-dealkylation sites (tertiary alicyclic amines) is 1. The van der Waals surface area contributed by atoms with Gasteiger partial charge < -0.3 is 9.47 Å². The van der Waals surface area contributed by atoms with E-state index < -0.39 is 28.2 Å². The van der Waals surface area contributed by atoms with Crippen LogP contribution in [0.4, 0.5) is 9.18 Å². The number of amides is 1. The number of benzene rings is 2. The van der Waals surface area contributed by atoms with E-state index >= 15 is 0 Å². The van der Waals surface area contributed by atoms with Crippen LogP contribution in [0.3, 0.4) is 0 Å². The van der Waals surface area contributed by atoms with Gasteiger partial charge in [0.25, 0.3) is 0 Å². The summed E-state index contributed by atoms with van der Waals surface area (Å²) in [6.45, 7) is 2.25. The van der Waals surface area contributed by atoms with Gasteiger partial charge in [0.2, 0.25) is 10.0 Å². The number of rotatable bonds is 8. The van der Waals surface area contributed by atoms with Gasteiger partial charge in [-0.1, -0.05) is 42.5 Å². The minimum atomic E-state index is -3.47. The van der Waals surface area contributed by atoms with E-state index in [4.69, 9.17) is 9.47 Å². The van der Waals surface area contributed by atoms with Gasteiger partial charge in [-0.25, -0.2) is 22.3 Å². The van der Waals surface area contributed by atoms with Crippen LogP contribution >= 0.6 is 0 Å². The van der Waals surface area contributed by atoms with Crippen LogP contribution in [-0.2, 0) is 26.1 Å². The van der Waals surface area contributed by atoms with Crippen molar-refractivity contribution >= 4 is 16.1 Å². The molecule has 0 unspecified atom stereocenters. The monoisotopic (exact) mass is 518 g/mol. The summed E-state index contributed by atoms with van der Waals surface area (Å²) in [5, 5.41) is 0. The van der Waals surface area contributed by atoms with Crippen molar-refractivity contribution in [1.29, 1.82) is 0 Å². The van der Waals surface area contributed by atoms with Gasteiger partial charge in [-0.2, -0.15) is 0 Å². The van der Waals surface area contributed by atoms with Crippen molar-refractivity contribution in [1.82, 2.24) is 9.62 Å². The summed E-state index contributed by atoms with van der Waals surface area (Å²) in [6.07, 6.45) is 4.57. The fourth-order valence-electron chi connectivity index (χ4n) is 5.42. The summed E-state index contributed by atoms with van der Waals surface area (Å²) in [4.78, 5) is 14.7. The number of halogens is 1. The molecule has 1 aliphatic carbocycles. The van der Waals surface area contributed by atoms with Crippen molar-refractivity contribution in [3.05, 3.63) is 71.5 Å². The largest absolute Gasteiger partial charge is 0.445 e. The molecule has 1 saturated carbocycles. The van der Waals surface area contributed by atoms with Crippen molar-refractivity contribution in [3.8, 4) is 0 Å². The molecule has 0 bridgehead atoms. The van der Waals surface area contributed by atoms with E-state index in [2.05, 4.69) is 4.72 Å². The predicted octanol–water partition coefficient (Wildman–Crippen LogP) is 4.59. The van der Waals surface area contributed by atoms with Gasteiger partial charge in [-0.3, -0.25) is 4.90 Å². The second-order valence-corrected chi connectivity index (χ2v) is 11.7. The minimum absolute atomic E-state index is 0.00629. The Hall–Kier alpha value is -2.49. The summed E-state index contributed by atoms with van der Waals surface area (Å²) >= 11 is 0. The lowest BCUT2D eigenvalue weighted by molar-refractivity contribution is -0.0111. The van der Waals surface area contributed by atoms with Crippen molar-refractivity contribution in [2.24, 2.45) is 0 Å². The summed E-state index contributed by atoms with van der Waals surface area (Å²) < 4.78 is 52.2. The molecule has 36 heavy (non-hydrogen) atoms. The molecule has 1 heterocycles. The second kappa shape index (κ2) is 11.7. The Morgan fingerprint density at radius 3 is 2.47 bits per heavy atom. The maximum absolute atomic E-state index is 13.6. The lowest BCUT2D eigenvalue weighted by atomic mass is 9.82. The molecular formula is C27H35FN2O5S. The van der Waals surface area contributed by atoms with Gasteiger partial charge in [0.1, 0.15) is 12.4 Å². The molecule has 1 saturated heterocycles. The number of nitrogens with zero attached hydrogens (tertiary/aromatic N) is 1. The first-order chi connectivity index (χ1) is 17.2. The van der Waals surface area contributed by atoms with Crippen LogP contribution in [0.5, 0.6) is 0 Å². The molecule has 196 valence electrons. The zero-order valence-electron chi connectivity index (χ0n) is 20.8. The van der Waals surface area contributed by atoms with Gasteiger partial charge >= 0.3 is 6.09 Å². The number of carbonyl (C=O) groups excluding carboxylic acids is 1. The minimum Gasteiger partial charge on any atom is -0.445 e. The van der Waals surface area contributed by atoms with E-state index in [0.29, 0.717) is 12.3 Å². The van der Waals surface area contributed by atoms with E-state index in [9.17, 15) is 17.6 Å². The Labute approximate surface area is 213 Å². The maximum Gasteiger partial charge on any atom is 0.410 e. The first-order valence-corrected chi connectivity index (χ1v) is 14.4. The van der Waals surface area contributed by atoms with Crippen LogP contribution in [-0.4, -0.2) is 56.5 Å². The van der Waals surface area contributed by atoms with Gasteiger partial charge in [0, 0.05) is 12.1 Å². The Bertz CT molecular complexity index is 1120. The number of carbonyl (C=O) groups is 1. The van der Waals surface area contributed by atoms with Crippen LogP contribution in [0.15, 0.2) is 54.6 Å². The Kier molecular flexibility index (Phi) is 8.64. The van der Waals surface area contributed by atoms with E-state index in [1.807, 2.05) is 43.3 Å². The highest BCUT2D eigenvalue weighted by molar-refractivity contribution is 7.88. The van der Waals surface area contributed by atoms with Crippen molar-refractivity contribution in [2.45, 2.75) is 75.8 Å². The van der Waals surface area contributed by atoms with E-state index in [0.717, 1.165) is 43.1 Å². The third-order valence-electron chi connectivity index (χ3n) is 7.17. The second-order valence-electron chi connectivity index (χ2n) is 9.96. The fourth-order valence-corrected chi connectivity index (χ4v) is 6.23. The van der Waals surface area contributed by atoms with Crippen LogP contribution < -0.4 is 4.72 Å². The maximum atomic E-state index is 13.6. The first kappa shape index (κ1) is 26.6. The summed E-state index contributed by atoms with van der Waals surface area (Å²) in [5.74, 6) is 0.0843. The molecule has 9 heteroatoms. The normalized spacial score (nSPS) is 26.6. The molecule has 0 radical (unpaired) electrons. The Morgan fingerprint density at radius 2 is 1.81 bits per heavy atom. The van der Waals surface area contributed by atoms with Crippen LogP contribution in [0.25, 0.3) is 0 Å². The van der Waals surface area contributed by atoms with Crippen LogP contribution in [0, 0.1) is 5.82 Å². The van der Waals surface area contributed by atoms with E-state index in [-0.39, 0.29) is 31.2 Å². The molecule has 4 rings (SSSR count). The number of sulfonamides is 1. The first-order valence-electron chi connectivity index (χ1n) is 12.5. The third kappa shape index (κ3) is 7.05. The number of hydrogen-bond donors (Lipinski definition) is 1. The molecule has 1 amide bonds. The van der Waals surface area contributed by atoms with Crippen molar-refractivity contribution < 1.29 is 27.1 Å². The molecule has 0 spiro atoms. The van der Waals surface area contributed by atoms with Crippen molar-refractivity contribution in [3.63, 3.8) is 0 Å². The fraction of sp³-hybridized carbons (Fsp3) is 0.519. The lowest BCUT2D eigenvalue weighted by Gasteiger charge is -2.33. The van der Waals surface area contributed by atoms with Gasteiger partial charge in [0.05, 0.1) is 25.0 Å². The van der Waals surface area contributed by atoms with Gasteiger partial charge in [0.15, 0.2) is 0 Å². The smallest absolute Gasteiger partial charge is 0.410 e. The van der Waals surface area contributed by atoms with E-state index in [1.165, 1.54) is 6.07 Å². The number of nitrogens with one attached hydrogen (secondary N) is 1. The molecule has 7 nitrogen and oxygen atoms in total. The van der Waals surface area contributed by atoms with E-state index in [1.54, 1.807) is 17.0 Å². The van der Waals surface area contributed by atoms with Gasteiger partial charge in [-0.05, 0) is 68.2 Å². The number of hydrogen-bond acceptors (Lipinski definition) is 5. The zero-order valence-corrected chi connectivity index (χ0v) is 21.6. The number of ether oxygens (including phenoxy) is 2. The molecule has 1 N–H and O–H groups in total. The van der Waals surface area contributed by atoms with Crippen LogP contribution in [0.1, 0.15) is 56.1 Å². The average Bonchev–Trinajstić information content (AvgIpc) is 3.15. The standard InChI is InChI=1S/C27H35FN2O5S/c1-19-15-25(29-36(2,32)33)26(30(19)27(31)35-17-20-7-4-3-5-8-20)18-34-24-13-11-21(12-14-24)22-9-6-10-23(28)16-22/h3-10,16,19,21,24-26,29H,11-15,17-18H2,1-2H3/t19-,21?,24?,25+,26+/m1/s1. The quantitative estimate of drug-likeness (QED) is 0.553. The summed E-state index contributed by atoms with van der Waals surface area (Å²) in [6, 6.07) is 15.1. The molecule has 2 aromatic rings. The molecular weight excluding hydrogens is 483 g/mol. The highest BCUT2D eigenvalue weighted by Gasteiger charge is 2.44. The third-order valence-corrected chi connectivity index (χ3v) is 7.90. The topological polar surface area (TPSA) is 84.9 Å². The predicted molar refractivity (Wildman–Crippen MR) is 135 cm³/mol. The molecule has 1 aliphatic heterocycles.